The summed E-state index contributed by atoms with van der Waals surface area (Å²) in [5.74, 6) is 0. The molecule has 2 N–H and O–H groups in total. The van der Waals surface area contributed by atoms with Crippen LogP contribution in [0.4, 0.5) is 0 Å². The topological polar surface area (TPSA) is 104 Å². The number of likely N-dealkylation sites (N-methyl/N-ethyl adjacent to an activating group) is 1. The Hall–Kier alpha value is -0.0600. The molecule has 2 unspecified atom stereocenters. The predicted molar refractivity (Wildman–Crippen MR) is 50.1 cm³/mol. The summed E-state index contributed by atoms with van der Waals surface area (Å²) in [6, 6.07) is -0.553. The predicted octanol–water partition coefficient (Wildman–Crippen LogP) is -0.347. The lowest BCUT2D eigenvalue weighted by Gasteiger charge is -2.21. The van der Waals surface area contributed by atoms with Gasteiger partial charge in [-0.1, -0.05) is 6.92 Å². The van der Waals surface area contributed by atoms with E-state index in [9.17, 15) is 12.6 Å². The van der Waals surface area contributed by atoms with Gasteiger partial charge in [-0.25, -0.2) is 8.39 Å². The molecule has 9 heteroatoms. The van der Waals surface area contributed by atoms with Crippen LogP contribution in [0.2, 0.25) is 0 Å². The highest BCUT2D eigenvalue weighted by molar-refractivity contribution is 7.80. The van der Waals surface area contributed by atoms with Gasteiger partial charge in [-0.3, -0.25) is 9.11 Å². The van der Waals surface area contributed by atoms with Crippen LogP contribution in [0.3, 0.4) is 0 Å². The second-order valence-electron chi connectivity index (χ2n) is 2.55. The number of hydrogen-bond acceptors (Lipinski definition) is 4. The van der Waals surface area contributed by atoms with E-state index < -0.39 is 27.7 Å². The fraction of sp³-hybridized carbons (Fsp3) is 1.00. The molecule has 0 rings (SSSR count). The Bertz CT molecular complexity index is 289. The van der Waals surface area contributed by atoms with Crippen molar-refractivity contribution in [3.05, 3.63) is 0 Å². The normalized spacial score (nSPS) is 16.9. The van der Waals surface area contributed by atoms with E-state index in [1.807, 2.05) is 0 Å². The van der Waals surface area contributed by atoms with Crippen molar-refractivity contribution in [3.8, 4) is 0 Å². The van der Waals surface area contributed by atoms with E-state index in [2.05, 4.69) is 4.18 Å². The van der Waals surface area contributed by atoms with E-state index in [1.54, 1.807) is 6.92 Å². The molecule has 2 atom stereocenters. The summed E-state index contributed by atoms with van der Waals surface area (Å²) in [7, 11) is -3.15. The molecule has 7 nitrogen and oxygen atoms in total. The van der Waals surface area contributed by atoms with Crippen LogP contribution < -0.4 is 0 Å². The number of hydrogen-bond donors (Lipinski definition) is 2. The van der Waals surface area contributed by atoms with Crippen molar-refractivity contribution in [3.63, 3.8) is 0 Å². The van der Waals surface area contributed by atoms with E-state index in [0.717, 1.165) is 4.31 Å². The van der Waals surface area contributed by atoms with Crippen LogP contribution in [-0.2, 0) is 25.8 Å². The van der Waals surface area contributed by atoms with Crippen molar-refractivity contribution < 1.29 is 25.9 Å². The maximum absolute atomic E-state index is 10.6. The van der Waals surface area contributed by atoms with Crippen molar-refractivity contribution >= 4 is 21.7 Å². The van der Waals surface area contributed by atoms with Crippen molar-refractivity contribution in [1.29, 1.82) is 0 Å². The molecule has 0 amide bonds. The van der Waals surface area contributed by atoms with Gasteiger partial charge in [0.05, 0.1) is 6.61 Å². The molecule has 0 aromatic heterocycles. The average molecular weight is 247 g/mol. The van der Waals surface area contributed by atoms with Crippen molar-refractivity contribution in [2.45, 2.75) is 19.4 Å². The van der Waals surface area contributed by atoms with Gasteiger partial charge >= 0.3 is 10.4 Å². The largest absolute Gasteiger partial charge is 0.397 e. The van der Waals surface area contributed by atoms with Gasteiger partial charge < -0.3 is 0 Å². The van der Waals surface area contributed by atoms with E-state index in [-0.39, 0.29) is 6.61 Å². The Morgan fingerprint density at radius 1 is 1.57 bits per heavy atom. The third-order valence-electron chi connectivity index (χ3n) is 1.64. The lowest BCUT2D eigenvalue weighted by molar-refractivity contribution is 0.198. The van der Waals surface area contributed by atoms with Crippen LogP contribution in [-0.4, -0.2) is 45.7 Å². The Balaban J connectivity index is 4.24. The molecule has 0 aromatic carbocycles. The first-order valence-electron chi connectivity index (χ1n) is 3.73. The molecule has 0 radical (unpaired) electrons. The van der Waals surface area contributed by atoms with Crippen LogP contribution in [0, 0.1) is 0 Å². The quantitative estimate of drug-likeness (QED) is 0.491. The molecule has 0 saturated heterocycles. The number of nitrogens with zero attached hydrogens (tertiary/aromatic N) is 1. The molecule has 0 heterocycles. The minimum Gasteiger partial charge on any atom is -0.294 e. The van der Waals surface area contributed by atoms with Gasteiger partial charge in [0, 0.05) is 13.1 Å². The highest BCUT2D eigenvalue weighted by atomic mass is 32.3. The van der Waals surface area contributed by atoms with Gasteiger partial charge in [0.2, 0.25) is 11.3 Å². The Kier molecular flexibility index (Phi) is 5.71. The zero-order valence-electron chi connectivity index (χ0n) is 7.78. The second-order valence-corrected chi connectivity index (χ2v) is 4.68. The fourth-order valence-electron chi connectivity index (χ4n) is 0.772. The molecule has 0 fully saturated rings. The smallest absolute Gasteiger partial charge is 0.294 e. The van der Waals surface area contributed by atoms with Crippen LogP contribution in [0.25, 0.3) is 0 Å². The summed E-state index contributed by atoms with van der Waals surface area (Å²) in [6.07, 6.45) is 0.415. The summed E-state index contributed by atoms with van der Waals surface area (Å²) in [5.41, 5.74) is 0. The SMILES string of the molecule is CCC(COS(=O)(=O)O)N(C)S(=O)O. The summed E-state index contributed by atoms with van der Waals surface area (Å²) >= 11 is -2.19. The van der Waals surface area contributed by atoms with Gasteiger partial charge in [-0.2, -0.15) is 12.7 Å². The Morgan fingerprint density at radius 2 is 2.07 bits per heavy atom. The Morgan fingerprint density at radius 3 is 2.36 bits per heavy atom. The van der Waals surface area contributed by atoms with E-state index in [4.69, 9.17) is 9.11 Å². The second kappa shape index (κ2) is 5.73. The minimum atomic E-state index is -4.50. The fourth-order valence-corrected chi connectivity index (χ4v) is 1.57. The molecule has 0 aliphatic carbocycles. The van der Waals surface area contributed by atoms with Gasteiger partial charge in [0.25, 0.3) is 0 Å². The van der Waals surface area contributed by atoms with Gasteiger partial charge in [0.1, 0.15) is 0 Å². The summed E-state index contributed by atoms with van der Waals surface area (Å²) in [6.45, 7) is 1.33. The molecule has 0 saturated carbocycles. The van der Waals surface area contributed by atoms with Crippen LogP contribution in [0.1, 0.15) is 13.3 Å². The average Bonchev–Trinajstić information content (AvgIpc) is 2.02. The number of rotatable bonds is 6. The summed E-state index contributed by atoms with van der Waals surface area (Å²) in [5, 5.41) is 0. The van der Waals surface area contributed by atoms with Crippen LogP contribution in [0.15, 0.2) is 0 Å². The molecule has 0 spiro atoms. The first kappa shape index (κ1) is 13.9. The van der Waals surface area contributed by atoms with Gasteiger partial charge in [-0.15, -0.1) is 0 Å². The molecule has 86 valence electrons. The zero-order chi connectivity index (χ0) is 11.4. The van der Waals surface area contributed by atoms with E-state index >= 15 is 0 Å². The van der Waals surface area contributed by atoms with Crippen molar-refractivity contribution in [2.75, 3.05) is 13.7 Å². The van der Waals surface area contributed by atoms with Crippen molar-refractivity contribution in [1.82, 2.24) is 4.31 Å². The maximum atomic E-state index is 10.6. The highest BCUT2D eigenvalue weighted by Gasteiger charge is 2.19. The van der Waals surface area contributed by atoms with Gasteiger partial charge in [-0.05, 0) is 6.42 Å². The first-order chi connectivity index (χ1) is 6.28. The molecule has 14 heavy (non-hydrogen) atoms. The third kappa shape index (κ3) is 5.62. The standard InChI is InChI=1S/C5H13NO6S2/c1-3-5(6(2)13(7)8)4-12-14(9,10)11/h5H,3-4H2,1-2H3,(H,7,8)(H,9,10,11). The van der Waals surface area contributed by atoms with Crippen LogP contribution in [0.5, 0.6) is 0 Å². The lowest BCUT2D eigenvalue weighted by atomic mass is 10.2. The third-order valence-corrected chi connectivity index (χ3v) is 2.87. The monoisotopic (exact) mass is 247 g/mol. The molecule has 0 aromatic rings. The molecular weight excluding hydrogens is 234 g/mol. The summed E-state index contributed by atoms with van der Waals surface area (Å²) < 4.78 is 53.1. The lowest BCUT2D eigenvalue weighted by Crippen LogP contribution is -2.36. The van der Waals surface area contributed by atoms with Gasteiger partial charge in [0.15, 0.2) is 0 Å². The molecule has 0 aliphatic rings. The van der Waals surface area contributed by atoms with Crippen LogP contribution >= 0.6 is 0 Å². The highest BCUT2D eigenvalue weighted by Crippen LogP contribution is 2.05. The maximum Gasteiger partial charge on any atom is 0.397 e. The molecule has 0 aliphatic heterocycles. The zero-order valence-corrected chi connectivity index (χ0v) is 9.42. The van der Waals surface area contributed by atoms with E-state index in [0.29, 0.717) is 6.42 Å². The molecular formula is C5H13NO6S2. The summed E-state index contributed by atoms with van der Waals surface area (Å²) in [4.78, 5) is 0. The molecule has 0 bridgehead atoms. The van der Waals surface area contributed by atoms with E-state index in [1.165, 1.54) is 7.05 Å². The minimum absolute atomic E-state index is 0.363. The Labute approximate surface area is 85.4 Å². The van der Waals surface area contributed by atoms with Crippen molar-refractivity contribution in [2.24, 2.45) is 0 Å². The first-order valence-corrected chi connectivity index (χ1v) is 6.16.